The molecule has 8 atom stereocenters. The Labute approximate surface area is 219 Å². The summed E-state index contributed by atoms with van der Waals surface area (Å²) >= 11 is 0. The van der Waals surface area contributed by atoms with Crippen molar-refractivity contribution in [3.63, 3.8) is 0 Å². The van der Waals surface area contributed by atoms with E-state index in [4.69, 9.17) is 4.74 Å². The summed E-state index contributed by atoms with van der Waals surface area (Å²) in [6.45, 7) is 18.4. The van der Waals surface area contributed by atoms with E-state index in [-0.39, 0.29) is 51.7 Å². The maximum absolute atomic E-state index is 13.3. The van der Waals surface area contributed by atoms with Gasteiger partial charge in [0, 0.05) is 24.2 Å². The quantitative estimate of drug-likeness (QED) is 0.430. The molecule has 4 heteroatoms. The molecule has 202 valence electrons. The molecule has 4 saturated carbocycles. The number of carbonyl (C=O) groups is 2. The number of esters is 1. The summed E-state index contributed by atoms with van der Waals surface area (Å²) < 4.78 is 5.88. The Balaban J connectivity index is 1.55. The number of ketones is 1. The van der Waals surface area contributed by atoms with Gasteiger partial charge in [0.1, 0.15) is 6.10 Å². The lowest BCUT2D eigenvalue weighted by atomic mass is 9.33. The van der Waals surface area contributed by atoms with Crippen LogP contribution in [0.15, 0.2) is 11.1 Å². The summed E-state index contributed by atoms with van der Waals surface area (Å²) in [5.41, 5.74) is 2.66. The third-order valence-electron chi connectivity index (χ3n) is 13.1. The molecule has 0 aliphatic heterocycles. The Bertz CT molecular complexity index is 992. The molecule has 0 spiro atoms. The second-order valence-electron chi connectivity index (χ2n) is 15.1. The number of rotatable bonds is 3. The molecule has 36 heavy (non-hydrogen) atoms. The van der Waals surface area contributed by atoms with Crippen LogP contribution >= 0.6 is 0 Å². The summed E-state index contributed by atoms with van der Waals surface area (Å²) in [7, 11) is 0. The van der Waals surface area contributed by atoms with Gasteiger partial charge in [-0.05, 0) is 96.9 Å². The predicted octanol–water partition coefficient (Wildman–Crippen LogP) is 6.89. The largest absolute Gasteiger partial charge is 0.462 e. The van der Waals surface area contributed by atoms with Gasteiger partial charge >= 0.3 is 5.97 Å². The van der Waals surface area contributed by atoms with Crippen LogP contribution in [0, 0.1) is 50.7 Å². The number of carbonyl (C=O) groups excluding carboxylic acids is 2. The van der Waals surface area contributed by atoms with Gasteiger partial charge < -0.3 is 9.84 Å². The molecule has 4 nitrogen and oxygen atoms in total. The number of hydrogen-bond acceptors (Lipinski definition) is 4. The normalized spacial score (nSPS) is 47.7. The highest BCUT2D eigenvalue weighted by Crippen LogP contribution is 2.76. The van der Waals surface area contributed by atoms with Crippen LogP contribution in [-0.2, 0) is 14.3 Å². The van der Waals surface area contributed by atoms with E-state index in [0.29, 0.717) is 30.0 Å². The number of fused-ring (bicyclic) bond motifs is 7. The van der Waals surface area contributed by atoms with Gasteiger partial charge in [-0.2, -0.15) is 0 Å². The van der Waals surface area contributed by atoms with Crippen LogP contribution in [0.2, 0.25) is 0 Å². The lowest BCUT2D eigenvalue weighted by Crippen LogP contribution is -2.65. The molecule has 0 aromatic rings. The highest BCUT2D eigenvalue weighted by atomic mass is 16.5. The summed E-state index contributed by atoms with van der Waals surface area (Å²) in [6.07, 6.45) is 9.36. The molecule has 5 aliphatic rings. The first kappa shape index (κ1) is 26.4. The van der Waals surface area contributed by atoms with Crippen LogP contribution in [-0.4, -0.2) is 29.6 Å². The van der Waals surface area contributed by atoms with Crippen molar-refractivity contribution in [2.75, 3.05) is 6.61 Å². The Morgan fingerprint density at radius 3 is 2.25 bits per heavy atom. The Morgan fingerprint density at radius 1 is 0.944 bits per heavy atom. The van der Waals surface area contributed by atoms with Crippen molar-refractivity contribution in [1.82, 2.24) is 0 Å². The van der Waals surface area contributed by atoms with Gasteiger partial charge in [-0.15, -0.1) is 0 Å². The van der Waals surface area contributed by atoms with Crippen LogP contribution in [0.4, 0.5) is 0 Å². The van der Waals surface area contributed by atoms with E-state index in [2.05, 4.69) is 48.5 Å². The molecule has 0 radical (unpaired) electrons. The molecular formula is C32H50O4. The summed E-state index contributed by atoms with van der Waals surface area (Å²) in [5, 5.41) is 10.7. The van der Waals surface area contributed by atoms with Crippen molar-refractivity contribution in [3.8, 4) is 0 Å². The number of ether oxygens (including phenoxy) is 1. The van der Waals surface area contributed by atoms with Gasteiger partial charge in [0.25, 0.3) is 0 Å². The minimum atomic E-state index is -0.310. The zero-order valence-electron chi connectivity index (χ0n) is 24.1. The first-order chi connectivity index (χ1) is 16.7. The third kappa shape index (κ3) is 3.21. The molecule has 1 N–H and O–H groups in total. The zero-order valence-corrected chi connectivity index (χ0v) is 24.1. The molecular weight excluding hydrogens is 448 g/mol. The van der Waals surface area contributed by atoms with E-state index < -0.39 is 0 Å². The van der Waals surface area contributed by atoms with E-state index in [9.17, 15) is 14.7 Å². The fraction of sp³-hybridized carbons (Fsp3) is 0.875. The number of aliphatic hydroxyl groups excluding tert-OH is 1. The second-order valence-corrected chi connectivity index (χ2v) is 15.1. The van der Waals surface area contributed by atoms with Gasteiger partial charge in [-0.3, -0.25) is 9.59 Å². The molecule has 0 aromatic heterocycles. The SMILES string of the molecule is CC(=O)OC1CCC2(C)C(CCC3(C)C2CCC2C4=C(C(C)C)C(=O)CC4(CO)CCC23C)C1(C)C. The average molecular weight is 499 g/mol. The van der Waals surface area contributed by atoms with Gasteiger partial charge in [0.05, 0.1) is 6.61 Å². The first-order valence-electron chi connectivity index (χ1n) is 14.7. The highest BCUT2D eigenvalue weighted by molar-refractivity contribution is 6.00. The minimum Gasteiger partial charge on any atom is -0.462 e. The van der Waals surface area contributed by atoms with E-state index in [1.54, 1.807) is 6.92 Å². The number of Topliss-reactive ketones (excluding diaryl/α,β-unsaturated/α-hetero) is 1. The predicted molar refractivity (Wildman–Crippen MR) is 142 cm³/mol. The molecule has 4 fully saturated rings. The second kappa shape index (κ2) is 8.17. The fourth-order valence-corrected chi connectivity index (χ4v) is 11.3. The van der Waals surface area contributed by atoms with Crippen molar-refractivity contribution < 1.29 is 19.4 Å². The summed E-state index contributed by atoms with van der Waals surface area (Å²) in [4.78, 5) is 25.2. The molecule has 5 aliphatic carbocycles. The maximum atomic E-state index is 13.3. The van der Waals surface area contributed by atoms with Crippen LogP contribution in [0.3, 0.4) is 0 Å². The molecule has 0 saturated heterocycles. The minimum absolute atomic E-state index is 0.00691. The monoisotopic (exact) mass is 498 g/mol. The van der Waals surface area contributed by atoms with E-state index >= 15 is 0 Å². The van der Waals surface area contributed by atoms with Crippen molar-refractivity contribution in [1.29, 1.82) is 0 Å². The van der Waals surface area contributed by atoms with Crippen LogP contribution < -0.4 is 0 Å². The lowest BCUT2D eigenvalue weighted by molar-refractivity contribution is -0.233. The van der Waals surface area contributed by atoms with Crippen LogP contribution in [0.5, 0.6) is 0 Å². The van der Waals surface area contributed by atoms with Crippen molar-refractivity contribution in [2.24, 2.45) is 50.7 Å². The molecule has 0 aromatic carbocycles. The van der Waals surface area contributed by atoms with Crippen molar-refractivity contribution in [3.05, 3.63) is 11.1 Å². The van der Waals surface area contributed by atoms with Crippen molar-refractivity contribution in [2.45, 2.75) is 119 Å². The number of aliphatic hydroxyl groups is 1. The molecule has 0 amide bonds. The lowest BCUT2D eigenvalue weighted by Gasteiger charge is -2.72. The molecule has 5 rings (SSSR count). The standard InChI is InChI=1S/C32H50O4/c1-19(2)26-22(35)17-32(18-33)16-15-30(7)21(27(26)32)9-10-24-29(6)13-12-25(36-20(3)34)28(4,5)23(29)11-14-31(24,30)8/h19,21,23-25,33H,9-18H2,1-8H3. The average Bonchev–Trinajstić information content (AvgIpc) is 3.09. The smallest absolute Gasteiger partial charge is 0.302 e. The van der Waals surface area contributed by atoms with Gasteiger partial charge in [-0.25, -0.2) is 0 Å². The molecule has 0 heterocycles. The van der Waals surface area contributed by atoms with Crippen molar-refractivity contribution >= 4 is 11.8 Å². The first-order valence-corrected chi connectivity index (χ1v) is 14.7. The summed E-state index contributed by atoms with van der Waals surface area (Å²) in [5.74, 6) is 1.94. The third-order valence-corrected chi connectivity index (χ3v) is 13.1. The van der Waals surface area contributed by atoms with Gasteiger partial charge in [0.2, 0.25) is 0 Å². The maximum Gasteiger partial charge on any atom is 0.302 e. The topological polar surface area (TPSA) is 63.6 Å². The zero-order chi connectivity index (χ0) is 26.5. The number of allylic oxidation sites excluding steroid dienone is 1. The van der Waals surface area contributed by atoms with Crippen LogP contribution in [0.1, 0.15) is 113 Å². The van der Waals surface area contributed by atoms with Gasteiger partial charge in [-0.1, -0.05) is 54.0 Å². The Morgan fingerprint density at radius 2 is 1.64 bits per heavy atom. The van der Waals surface area contributed by atoms with E-state index in [1.807, 2.05) is 0 Å². The molecule has 0 bridgehead atoms. The van der Waals surface area contributed by atoms with Crippen LogP contribution in [0.25, 0.3) is 0 Å². The van der Waals surface area contributed by atoms with E-state index in [0.717, 1.165) is 37.7 Å². The van der Waals surface area contributed by atoms with E-state index in [1.165, 1.54) is 24.8 Å². The Kier molecular flexibility index (Phi) is 6.00. The highest BCUT2D eigenvalue weighted by Gasteiger charge is 2.70. The fourth-order valence-electron chi connectivity index (χ4n) is 11.3. The van der Waals surface area contributed by atoms with Gasteiger partial charge in [0.15, 0.2) is 5.78 Å². The number of hydrogen-bond donors (Lipinski definition) is 1. The summed E-state index contributed by atoms with van der Waals surface area (Å²) in [6, 6.07) is 0. The Hall–Kier alpha value is -1.16. The molecule has 8 unspecified atom stereocenters.